The van der Waals surface area contributed by atoms with Crippen molar-refractivity contribution in [3.8, 4) is 0 Å². The highest BCUT2D eigenvalue weighted by Crippen LogP contribution is 2.29. The van der Waals surface area contributed by atoms with Crippen molar-refractivity contribution in [2.24, 2.45) is 17.8 Å². The number of amides is 2. The summed E-state index contributed by atoms with van der Waals surface area (Å²) in [4.78, 5) is 26.6. The Morgan fingerprint density at radius 1 is 0.889 bits per heavy atom. The second-order valence-electron chi connectivity index (χ2n) is 10.5. The van der Waals surface area contributed by atoms with Crippen LogP contribution in [0.1, 0.15) is 61.3 Å². The van der Waals surface area contributed by atoms with Crippen molar-refractivity contribution in [3.05, 3.63) is 36.4 Å². The van der Waals surface area contributed by atoms with E-state index in [-0.39, 0.29) is 29.2 Å². The summed E-state index contributed by atoms with van der Waals surface area (Å²) in [6.07, 6.45) is 1.41. The number of sulfonamides is 1. The number of rotatable bonds is 12. The van der Waals surface area contributed by atoms with Crippen molar-refractivity contribution in [3.63, 3.8) is 0 Å². The van der Waals surface area contributed by atoms with Gasteiger partial charge in [-0.15, -0.1) is 0 Å². The van der Waals surface area contributed by atoms with E-state index in [0.29, 0.717) is 30.0 Å². The molecule has 0 spiro atoms. The van der Waals surface area contributed by atoms with Crippen LogP contribution in [0.15, 0.2) is 41.3 Å². The monoisotopic (exact) mass is 519 g/mol. The average molecular weight is 520 g/mol. The van der Waals surface area contributed by atoms with E-state index in [2.05, 4.69) is 13.8 Å². The van der Waals surface area contributed by atoms with Gasteiger partial charge in [0.05, 0.1) is 4.90 Å². The van der Waals surface area contributed by atoms with E-state index >= 15 is 0 Å². The quantitative estimate of drug-likeness (QED) is 0.309. The molecule has 0 aliphatic carbocycles. The molecule has 0 aliphatic heterocycles. The summed E-state index contributed by atoms with van der Waals surface area (Å²) >= 11 is 0. The molecule has 0 saturated heterocycles. The van der Waals surface area contributed by atoms with Crippen molar-refractivity contribution in [2.45, 2.75) is 72.2 Å². The minimum absolute atomic E-state index is 0.0591. The lowest BCUT2D eigenvalue weighted by molar-refractivity contribution is -0.134. The molecule has 0 radical (unpaired) electrons. The van der Waals surface area contributed by atoms with Gasteiger partial charge < -0.3 is 4.90 Å². The first-order chi connectivity index (χ1) is 16.8. The number of benzene rings is 2. The van der Waals surface area contributed by atoms with E-state index in [4.69, 9.17) is 0 Å². The molecule has 2 N–H and O–H groups in total. The number of hydrogen-bond acceptors (Lipinski definition) is 5. The molecule has 0 aliphatic rings. The molecule has 1 atom stereocenters. The molecule has 2 amide bonds. The van der Waals surface area contributed by atoms with Gasteiger partial charge in [-0.2, -0.15) is 4.31 Å². The Morgan fingerprint density at radius 2 is 1.47 bits per heavy atom. The zero-order chi connectivity index (χ0) is 27.2. The number of carbonyl (C=O) groups is 2. The van der Waals surface area contributed by atoms with E-state index in [0.717, 1.165) is 11.8 Å². The van der Waals surface area contributed by atoms with Gasteiger partial charge in [0.15, 0.2) is 0 Å². The van der Waals surface area contributed by atoms with Crippen LogP contribution in [0.5, 0.6) is 0 Å². The number of nitrogens with zero attached hydrogens (tertiary/aromatic N) is 2. The molecular weight excluding hydrogens is 478 g/mol. The maximum Gasteiger partial charge on any atom is 0.262 e. The molecular formula is C27H41N3O5S. The van der Waals surface area contributed by atoms with Gasteiger partial charge in [-0.25, -0.2) is 13.9 Å². The van der Waals surface area contributed by atoms with Crippen LogP contribution in [-0.2, 0) is 19.6 Å². The predicted molar refractivity (Wildman–Crippen MR) is 143 cm³/mol. The highest BCUT2D eigenvalue weighted by Gasteiger charge is 2.37. The molecule has 2 aromatic carbocycles. The van der Waals surface area contributed by atoms with Crippen molar-refractivity contribution < 1.29 is 23.2 Å². The van der Waals surface area contributed by atoms with E-state index < -0.39 is 22.0 Å². The topological polar surface area (TPSA) is 107 Å². The van der Waals surface area contributed by atoms with E-state index in [1.165, 1.54) is 17.3 Å². The maximum atomic E-state index is 13.9. The number of hydroxylamine groups is 1. The van der Waals surface area contributed by atoms with Crippen molar-refractivity contribution >= 4 is 38.3 Å². The predicted octanol–water partition coefficient (Wildman–Crippen LogP) is 4.81. The molecule has 0 aromatic heterocycles. The highest BCUT2D eigenvalue weighted by molar-refractivity contribution is 7.89. The number of carbonyl (C=O) groups excluding carboxylic acids is 2. The second-order valence-corrected chi connectivity index (χ2v) is 12.4. The Hall–Kier alpha value is -2.49. The summed E-state index contributed by atoms with van der Waals surface area (Å²) in [7, 11) is -4.08. The van der Waals surface area contributed by atoms with Gasteiger partial charge in [-0.05, 0) is 65.6 Å². The fraction of sp³-hybridized carbons (Fsp3) is 0.556. The molecule has 0 saturated carbocycles. The first-order valence-electron chi connectivity index (χ1n) is 12.6. The lowest BCUT2D eigenvalue weighted by atomic mass is 10.0. The van der Waals surface area contributed by atoms with Crippen molar-refractivity contribution in [1.29, 1.82) is 0 Å². The summed E-state index contributed by atoms with van der Waals surface area (Å²) in [6, 6.07) is 9.36. The smallest absolute Gasteiger partial charge is 0.262 e. The van der Waals surface area contributed by atoms with Crippen LogP contribution < -0.4 is 10.4 Å². The van der Waals surface area contributed by atoms with Gasteiger partial charge in [-0.1, -0.05) is 53.7 Å². The number of hydrogen-bond donors (Lipinski definition) is 2. The fourth-order valence-electron chi connectivity index (χ4n) is 4.16. The summed E-state index contributed by atoms with van der Waals surface area (Å²) in [5, 5.41) is 10.8. The molecule has 36 heavy (non-hydrogen) atoms. The maximum absolute atomic E-state index is 13.9. The van der Waals surface area contributed by atoms with E-state index in [1.54, 1.807) is 36.4 Å². The van der Waals surface area contributed by atoms with Gasteiger partial charge in [0.1, 0.15) is 6.04 Å². The van der Waals surface area contributed by atoms with E-state index in [9.17, 15) is 23.2 Å². The van der Waals surface area contributed by atoms with Gasteiger partial charge >= 0.3 is 0 Å². The Balaban J connectivity index is 2.58. The lowest BCUT2D eigenvalue weighted by Crippen LogP contribution is -2.52. The Bertz CT molecular complexity index is 1160. The molecule has 200 valence electrons. The molecule has 0 bridgehead atoms. The fourth-order valence-corrected chi connectivity index (χ4v) is 5.93. The van der Waals surface area contributed by atoms with Crippen molar-refractivity contribution in [2.75, 3.05) is 18.0 Å². The van der Waals surface area contributed by atoms with Gasteiger partial charge in [-0.3, -0.25) is 14.8 Å². The number of anilines is 1. The molecule has 2 rings (SSSR count). The molecule has 0 unspecified atom stereocenters. The average Bonchev–Trinajstić information content (AvgIpc) is 2.79. The molecule has 0 fully saturated rings. The molecule has 9 heteroatoms. The highest BCUT2D eigenvalue weighted by atomic mass is 32.2. The third-order valence-corrected chi connectivity index (χ3v) is 8.15. The normalized spacial score (nSPS) is 13.1. The zero-order valence-corrected chi connectivity index (χ0v) is 23.3. The largest absolute Gasteiger partial charge is 0.313 e. The SMILES string of the molecule is CC(=O)N(CCC(C)C)c1ccc2ccc(S(=O)(=O)N(CCC(C)C)[C@@H](C(=O)NO)C(C)C)cc2c1. The Kier molecular flexibility index (Phi) is 10.5. The van der Waals surface area contributed by atoms with Crippen molar-refractivity contribution in [1.82, 2.24) is 9.79 Å². The first kappa shape index (κ1) is 29.7. The summed E-state index contributed by atoms with van der Waals surface area (Å²) in [5.74, 6) is -0.548. The molecule has 2 aromatic rings. The summed E-state index contributed by atoms with van der Waals surface area (Å²) in [6.45, 7) is 13.9. The Morgan fingerprint density at radius 3 is 2.00 bits per heavy atom. The first-order valence-corrected chi connectivity index (χ1v) is 14.0. The third kappa shape index (κ3) is 7.27. The Labute approximate surface area is 215 Å². The second kappa shape index (κ2) is 12.7. The molecule has 0 heterocycles. The minimum Gasteiger partial charge on any atom is -0.313 e. The van der Waals surface area contributed by atoms with Gasteiger partial charge in [0.2, 0.25) is 15.9 Å². The van der Waals surface area contributed by atoms with Gasteiger partial charge in [0.25, 0.3) is 5.91 Å². The van der Waals surface area contributed by atoms with Crippen LogP contribution in [-0.4, -0.2) is 48.9 Å². The number of fused-ring (bicyclic) bond motifs is 1. The van der Waals surface area contributed by atoms with Crippen LogP contribution in [0.25, 0.3) is 10.8 Å². The lowest BCUT2D eigenvalue weighted by Gasteiger charge is -2.32. The standard InChI is InChI=1S/C27H41N3O5S/c1-18(2)12-14-29(21(7)31)24-10-8-22-9-11-25(17-23(22)16-24)36(34,35)30(15-13-19(3)4)26(20(5)6)27(32)28-33/h8-11,16-20,26,33H,12-15H2,1-7H3,(H,28,32)/t26-/m1/s1. The van der Waals surface area contributed by atoms with Crippen LogP contribution in [0, 0.1) is 17.8 Å². The minimum atomic E-state index is -4.08. The van der Waals surface area contributed by atoms with Crippen LogP contribution in [0.4, 0.5) is 5.69 Å². The zero-order valence-electron chi connectivity index (χ0n) is 22.5. The van der Waals surface area contributed by atoms with E-state index in [1.807, 2.05) is 32.0 Å². The third-order valence-electron chi connectivity index (χ3n) is 6.27. The van der Waals surface area contributed by atoms with Gasteiger partial charge in [0, 0.05) is 25.7 Å². The summed E-state index contributed by atoms with van der Waals surface area (Å²) < 4.78 is 28.9. The molecule has 8 nitrogen and oxygen atoms in total. The van der Waals surface area contributed by atoms with Crippen LogP contribution >= 0.6 is 0 Å². The van der Waals surface area contributed by atoms with Crippen LogP contribution in [0.2, 0.25) is 0 Å². The van der Waals surface area contributed by atoms with Crippen LogP contribution in [0.3, 0.4) is 0 Å². The summed E-state index contributed by atoms with van der Waals surface area (Å²) in [5.41, 5.74) is 2.35. The number of nitrogens with one attached hydrogen (secondary N) is 1.